The van der Waals surface area contributed by atoms with E-state index in [9.17, 15) is 0 Å². The zero-order valence-electron chi connectivity index (χ0n) is 19.2. The number of allylic oxidation sites excluding steroid dienone is 1. The SMILES string of the molecule is BrCOC1CCCCO1.C1=COCCC1.OCBr.[Br-].[CH2-]OC1CCCCO1.[H-].[H-].[Mg+2].[Mg+2]. The number of aliphatic hydroxyl groups is 1. The molecule has 29 heavy (non-hydrogen) atoms. The first-order valence-electron chi connectivity index (χ1n) is 9.03. The third kappa shape index (κ3) is 28.3. The van der Waals surface area contributed by atoms with Crippen molar-refractivity contribution in [2.24, 2.45) is 0 Å². The summed E-state index contributed by atoms with van der Waals surface area (Å²) in [5.41, 5.74) is 0.644. The van der Waals surface area contributed by atoms with E-state index in [1.54, 1.807) is 6.26 Å². The molecule has 11 heteroatoms. The molecule has 0 bridgehead atoms. The monoisotopic (exact) mass is 632 g/mol. The molecule has 6 nitrogen and oxygen atoms in total. The smallest absolute Gasteiger partial charge is 1.00 e. The number of hydrogen-bond donors (Lipinski definition) is 1. The molecule has 0 aromatic carbocycles. The zero-order chi connectivity index (χ0) is 19.3. The van der Waals surface area contributed by atoms with Crippen LogP contribution in [0.25, 0.3) is 0 Å². The van der Waals surface area contributed by atoms with Crippen LogP contribution in [-0.2, 0) is 23.7 Å². The zero-order valence-corrected chi connectivity index (χ0v) is 24.8. The molecular formula is C18H35Br3Mg2O6. The summed E-state index contributed by atoms with van der Waals surface area (Å²) in [5, 5.41) is 7.49. The van der Waals surface area contributed by atoms with Crippen molar-refractivity contribution >= 4 is 78.0 Å². The van der Waals surface area contributed by atoms with E-state index in [-0.39, 0.29) is 84.0 Å². The van der Waals surface area contributed by atoms with Crippen LogP contribution in [-0.4, -0.2) is 94.6 Å². The van der Waals surface area contributed by atoms with E-state index >= 15 is 0 Å². The Bertz CT molecular complexity index is 309. The van der Waals surface area contributed by atoms with Crippen LogP contribution >= 0.6 is 31.9 Å². The quantitative estimate of drug-likeness (QED) is 0.287. The van der Waals surface area contributed by atoms with Gasteiger partial charge in [-0.05, 0) is 57.4 Å². The molecule has 2 unspecified atom stereocenters. The normalized spacial score (nSPS) is 21.9. The minimum Gasteiger partial charge on any atom is -1.00 e. The average Bonchev–Trinajstić information content (AvgIpc) is 2.73. The summed E-state index contributed by atoms with van der Waals surface area (Å²) in [7, 11) is 3.28. The van der Waals surface area contributed by atoms with Crippen molar-refractivity contribution < 1.29 is 48.6 Å². The molecular weight excluding hydrogens is 601 g/mol. The Morgan fingerprint density at radius 3 is 1.76 bits per heavy atom. The summed E-state index contributed by atoms with van der Waals surface area (Å²) in [6.45, 7) is 2.61. The number of alkyl halides is 2. The summed E-state index contributed by atoms with van der Waals surface area (Å²) in [6, 6.07) is 0. The predicted molar refractivity (Wildman–Crippen MR) is 123 cm³/mol. The van der Waals surface area contributed by atoms with Gasteiger partial charge in [-0.15, -0.1) is 0 Å². The van der Waals surface area contributed by atoms with Crippen LogP contribution in [0.4, 0.5) is 0 Å². The molecule has 2 saturated heterocycles. The first kappa shape index (κ1) is 38.6. The van der Waals surface area contributed by atoms with Crippen molar-refractivity contribution in [1.82, 2.24) is 0 Å². The van der Waals surface area contributed by atoms with Crippen molar-refractivity contribution in [2.45, 2.75) is 63.9 Å². The number of ether oxygens (including phenoxy) is 5. The first-order chi connectivity index (χ1) is 12.8. The molecule has 0 radical (unpaired) electrons. The molecule has 3 aliphatic heterocycles. The Morgan fingerprint density at radius 1 is 0.966 bits per heavy atom. The van der Waals surface area contributed by atoms with Gasteiger partial charge in [0, 0.05) is 13.2 Å². The van der Waals surface area contributed by atoms with E-state index < -0.39 is 0 Å². The van der Waals surface area contributed by atoms with E-state index in [2.05, 4.69) is 39.0 Å². The minimum absolute atomic E-state index is 0. The maximum Gasteiger partial charge on any atom is 2.00 e. The van der Waals surface area contributed by atoms with Crippen molar-refractivity contribution in [2.75, 3.05) is 30.9 Å². The second kappa shape index (κ2) is 32.5. The van der Waals surface area contributed by atoms with Crippen LogP contribution < -0.4 is 17.0 Å². The maximum absolute atomic E-state index is 7.49. The average molecular weight is 636 g/mol. The summed E-state index contributed by atoms with van der Waals surface area (Å²) in [6.07, 6.45) is 13.1. The van der Waals surface area contributed by atoms with E-state index in [1.165, 1.54) is 38.5 Å². The largest absolute Gasteiger partial charge is 2.00 e. The minimum atomic E-state index is -0.0243. The number of rotatable bonds is 3. The molecule has 3 rings (SSSR count). The first-order valence-corrected chi connectivity index (χ1v) is 11.3. The summed E-state index contributed by atoms with van der Waals surface area (Å²) >= 11 is 5.88. The van der Waals surface area contributed by atoms with Gasteiger partial charge in [0.2, 0.25) is 0 Å². The fourth-order valence-electron chi connectivity index (χ4n) is 2.24. The third-order valence-corrected chi connectivity index (χ3v) is 3.80. The van der Waals surface area contributed by atoms with Crippen molar-refractivity contribution in [1.29, 1.82) is 0 Å². The molecule has 2 fully saturated rings. The van der Waals surface area contributed by atoms with Gasteiger partial charge >= 0.3 is 46.1 Å². The van der Waals surface area contributed by atoms with Crippen molar-refractivity contribution in [3.05, 3.63) is 19.4 Å². The molecule has 168 valence electrons. The van der Waals surface area contributed by atoms with Gasteiger partial charge in [-0.25, -0.2) is 7.11 Å². The molecule has 1 N–H and O–H groups in total. The molecule has 0 amide bonds. The topological polar surface area (TPSA) is 66.4 Å². The Labute approximate surface area is 238 Å². The second-order valence-electron chi connectivity index (χ2n) is 5.54. The summed E-state index contributed by atoms with van der Waals surface area (Å²) in [4.78, 5) is 0. The van der Waals surface area contributed by atoms with E-state index in [0.29, 0.717) is 5.52 Å². The molecule has 0 saturated carbocycles. The van der Waals surface area contributed by atoms with Gasteiger partial charge in [-0.3, -0.25) is 0 Å². The van der Waals surface area contributed by atoms with Crippen LogP contribution in [0.3, 0.4) is 0 Å². The van der Waals surface area contributed by atoms with Gasteiger partial charge in [-0.2, -0.15) is 0 Å². The fraction of sp³-hybridized carbons (Fsp3) is 0.833. The summed E-state index contributed by atoms with van der Waals surface area (Å²) in [5.74, 6) is 0. The van der Waals surface area contributed by atoms with Crippen LogP contribution in [0.15, 0.2) is 12.3 Å². The molecule has 3 aliphatic rings. The summed E-state index contributed by atoms with van der Waals surface area (Å²) < 4.78 is 25.2. The number of aliphatic hydroxyl groups excluding tert-OH is 1. The van der Waals surface area contributed by atoms with Gasteiger partial charge < -0.3 is 48.6 Å². The van der Waals surface area contributed by atoms with Crippen molar-refractivity contribution in [3.8, 4) is 0 Å². The van der Waals surface area contributed by atoms with Crippen LogP contribution in [0, 0.1) is 7.11 Å². The number of hydrogen-bond acceptors (Lipinski definition) is 6. The van der Waals surface area contributed by atoms with Crippen LogP contribution in [0.1, 0.15) is 54.2 Å². The van der Waals surface area contributed by atoms with Gasteiger partial charge in [0.25, 0.3) is 0 Å². The molecule has 0 aliphatic carbocycles. The fourth-order valence-corrected chi connectivity index (χ4v) is 2.54. The Morgan fingerprint density at radius 2 is 1.52 bits per heavy atom. The molecule has 0 aromatic heterocycles. The van der Waals surface area contributed by atoms with Crippen LogP contribution in [0.5, 0.6) is 0 Å². The van der Waals surface area contributed by atoms with E-state index in [4.69, 9.17) is 28.8 Å². The third-order valence-electron chi connectivity index (χ3n) is 3.54. The van der Waals surface area contributed by atoms with Gasteiger partial charge in [-0.1, -0.05) is 31.9 Å². The van der Waals surface area contributed by atoms with Gasteiger partial charge in [0.05, 0.1) is 18.4 Å². The standard InChI is InChI=1S/C6H11BrO2.C6H11O2.C5H8O.CH3BrO.BrH.2Mg.2H/c7-5-9-6-3-1-2-4-8-6;1-7-6-4-2-3-5-8-6;1-2-4-6-5-3-1;2-1-3;;;;;/h6H,1-5H2;6H,1-5H2;2,4H,1,3,5H2;3H,1H2;1H;;;;/q;-1;;;;2*+2;2*-1/p-1. The van der Waals surface area contributed by atoms with Crippen LogP contribution in [0.2, 0.25) is 0 Å². The van der Waals surface area contributed by atoms with Gasteiger partial charge in [0.1, 0.15) is 11.8 Å². The van der Waals surface area contributed by atoms with Crippen molar-refractivity contribution in [3.63, 3.8) is 0 Å². The Balaban J connectivity index is -0.0000000668. The Kier molecular flexibility index (Phi) is 43.2. The Hall–Kier alpha value is 2.31. The predicted octanol–water partition coefficient (Wildman–Crippen LogP) is 1.31. The van der Waals surface area contributed by atoms with E-state index in [0.717, 1.165) is 32.7 Å². The molecule has 3 heterocycles. The number of halogens is 3. The molecule has 0 spiro atoms. The second-order valence-corrected chi connectivity index (χ2v) is 6.50. The molecule has 0 aromatic rings. The maximum atomic E-state index is 7.49. The molecule has 2 atom stereocenters. The van der Waals surface area contributed by atoms with E-state index in [1.807, 2.05) is 6.08 Å². The van der Waals surface area contributed by atoms with Gasteiger partial charge in [0.15, 0.2) is 6.29 Å².